The molecule has 0 unspecified atom stereocenters. The van der Waals surface area contributed by atoms with Crippen molar-refractivity contribution in [1.82, 2.24) is 19.9 Å². The molecule has 0 spiro atoms. The molecule has 0 radical (unpaired) electrons. The Labute approximate surface area is 215 Å². The number of rotatable bonds is 8. The van der Waals surface area contributed by atoms with Crippen LogP contribution in [0.15, 0.2) is 41.8 Å². The van der Waals surface area contributed by atoms with Crippen molar-refractivity contribution in [1.29, 1.82) is 0 Å². The first kappa shape index (κ1) is 25.0. The summed E-state index contributed by atoms with van der Waals surface area (Å²) in [6.07, 6.45) is 3.29. The van der Waals surface area contributed by atoms with E-state index >= 15 is 0 Å². The highest BCUT2D eigenvalue weighted by Crippen LogP contribution is 2.29. The molecule has 8 heteroatoms. The van der Waals surface area contributed by atoms with Crippen LogP contribution in [0.3, 0.4) is 0 Å². The van der Waals surface area contributed by atoms with E-state index in [1.54, 1.807) is 11.3 Å². The zero-order chi connectivity index (χ0) is 22.8. The molecule has 1 N–H and O–H groups in total. The third-order valence-electron chi connectivity index (χ3n) is 5.88. The van der Waals surface area contributed by atoms with Gasteiger partial charge in [0.05, 0.1) is 22.6 Å². The van der Waals surface area contributed by atoms with Crippen LogP contribution in [0.5, 0.6) is 5.75 Å². The van der Waals surface area contributed by atoms with Gasteiger partial charge in [-0.1, -0.05) is 31.5 Å². The van der Waals surface area contributed by atoms with Gasteiger partial charge in [-0.25, -0.2) is 9.97 Å². The van der Waals surface area contributed by atoms with Crippen LogP contribution in [0.2, 0.25) is 5.02 Å². The number of fused-ring (bicyclic) bond motifs is 1. The second-order valence-electron chi connectivity index (χ2n) is 9.18. The van der Waals surface area contributed by atoms with Gasteiger partial charge in [-0.15, -0.1) is 23.7 Å². The summed E-state index contributed by atoms with van der Waals surface area (Å²) >= 11 is 7.90. The fourth-order valence-electron chi connectivity index (χ4n) is 4.22. The number of hydrogen-bond acceptors (Lipinski definition) is 5. The SMILES string of the molecule is CC(C)COc1ccc(Cl)cc1Cc1nc(-c2nc3cc(CN4CCCC4)ccc3[nH]2)cs1.Cl. The van der Waals surface area contributed by atoms with Crippen molar-refractivity contribution in [2.24, 2.45) is 5.92 Å². The maximum Gasteiger partial charge on any atom is 0.158 e. The summed E-state index contributed by atoms with van der Waals surface area (Å²) in [6, 6.07) is 12.3. The fraction of sp³-hybridized carbons (Fsp3) is 0.385. The van der Waals surface area contributed by atoms with Crippen molar-refractivity contribution < 1.29 is 4.74 Å². The Balaban J connectivity index is 0.00000274. The summed E-state index contributed by atoms with van der Waals surface area (Å²) in [4.78, 5) is 15.7. The first-order valence-electron chi connectivity index (χ1n) is 11.6. The van der Waals surface area contributed by atoms with E-state index in [1.807, 2.05) is 18.2 Å². The molecule has 0 atom stereocenters. The van der Waals surface area contributed by atoms with Gasteiger partial charge in [0, 0.05) is 28.9 Å². The zero-order valence-electron chi connectivity index (χ0n) is 19.5. The van der Waals surface area contributed by atoms with Gasteiger partial charge in [-0.2, -0.15) is 0 Å². The second kappa shape index (κ2) is 11.1. The van der Waals surface area contributed by atoms with E-state index in [0.29, 0.717) is 24.0 Å². The number of H-pyrrole nitrogens is 1. The molecule has 180 valence electrons. The Morgan fingerprint density at radius 2 is 1.94 bits per heavy atom. The zero-order valence-corrected chi connectivity index (χ0v) is 21.9. The number of hydrogen-bond donors (Lipinski definition) is 1. The molecule has 0 bridgehead atoms. The van der Waals surface area contributed by atoms with Crippen LogP contribution in [0.4, 0.5) is 0 Å². The standard InChI is InChI=1S/C26H29ClN4OS.ClH/c1-17(2)15-32-24-8-6-20(27)12-19(24)13-25-28-23(16-33-25)26-29-21-7-5-18(11-22(21)30-26)14-31-9-3-4-10-31;/h5-8,11-12,16-17H,3-4,9-10,13-15H2,1-2H3,(H,29,30);1H. The number of ether oxygens (including phenoxy) is 1. The van der Waals surface area contributed by atoms with Crippen LogP contribution in [0.25, 0.3) is 22.6 Å². The topological polar surface area (TPSA) is 54.0 Å². The van der Waals surface area contributed by atoms with Crippen LogP contribution in [0, 0.1) is 5.92 Å². The number of aromatic amines is 1. The number of halogens is 2. The molecule has 2 aromatic heterocycles. The summed E-state index contributed by atoms with van der Waals surface area (Å²) in [7, 11) is 0. The van der Waals surface area contributed by atoms with Gasteiger partial charge in [0.25, 0.3) is 0 Å². The summed E-state index contributed by atoms with van der Waals surface area (Å²) in [5.41, 5.74) is 5.29. The monoisotopic (exact) mass is 516 g/mol. The number of nitrogens with one attached hydrogen (secondary N) is 1. The number of nitrogens with zero attached hydrogens (tertiary/aromatic N) is 3. The van der Waals surface area contributed by atoms with Gasteiger partial charge in [0.15, 0.2) is 5.82 Å². The van der Waals surface area contributed by atoms with E-state index in [0.717, 1.165) is 45.4 Å². The number of likely N-dealkylation sites (tertiary alicyclic amines) is 1. The Hall–Kier alpha value is -2.12. The van der Waals surface area contributed by atoms with E-state index < -0.39 is 0 Å². The summed E-state index contributed by atoms with van der Waals surface area (Å²) in [5.74, 6) is 2.15. The molecule has 5 nitrogen and oxygen atoms in total. The van der Waals surface area contributed by atoms with Crippen LogP contribution >= 0.6 is 35.3 Å². The minimum absolute atomic E-state index is 0. The smallest absolute Gasteiger partial charge is 0.158 e. The lowest BCUT2D eigenvalue weighted by atomic mass is 10.1. The average Bonchev–Trinajstić information content (AvgIpc) is 3.53. The van der Waals surface area contributed by atoms with Crippen molar-refractivity contribution in [3.8, 4) is 17.3 Å². The quantitative estimate of drug-likeness (QED) is 0.274. The molecule has 34 heavy (non-hydrogen) atoms. The van der Waals surface area contributed by atoms with E-state index in [-0.39, 0.29) is 12.4 Å². The van der Waals surface area contributed by atoms with Crippen molar-refractivity contribution >= 4 is 46.4 Å². The Kier molecular flexibility index (Phi) is 8.14. The van der Waals surface area contributed by atoms with Gasteiger partial charge < -0.3 is 9.72 Å². The molecule has 1 fully saturated rings. The second-order valence-corrected chi connectivity index (χ2v) is 10.6. The van der Waals surface area contributed by atoms with Crippen molar-refractivity contribution in [3.63, 3.8) is 0 Å². The molecule has 1 aliphatic rings. The maximum atomic E-state index is 6.27. The Bertz CT molecular complexity index is 1250. The largest absolute Gasteiger partial charge is 0.493 e. The molecular formula is C26H30Cl2N4OS. The molecule has 0 aliphatic carbocycles. The van der Waals surface area contributed by atoms with Crippen LogP contribution in [-0.4, -0.2) is 39.5 Å². The van der Waals surface area contributed by atoms with Crippen molar-refractivity contribution in [2.75, 3.05) is 19.7 Å². The first-order valence-corrected chi connectivity index (χ1v) is 12.9. The molecular weight excluding hydrogens is 487 g/mol. The highest BCUT2D eigenvalue weighted by Gasteiger charge is 2.15. The number of aromatic nitrogens is 3. The average molecular weight is 518 g/mol. The van der Waals surface area contributed by atoms with Crippen molar-refractivity contribution in [3.05, 3.63) is 62.9 Å². The molecule has 1 aliphatic heterocycles. The van der Waals surface area contributed by atoms with Gasteiger partial charge >= 0.3 is 0 Å². The van der Waals surface area contributed by atoms with E-state index in [9.17, 15) is 0 Å². The highest BCUT2D eigenvalue weighted by molar-refractivity contribution is 7.10. The van der Waals surface area contributed by atoms with E-state index in [4.69, 9.17) is 26.3 Å². The Morgan fingerprint density at radius 1 is 1.12 bits per heavy atom. The molecule has 3 heterocycles. The fourth-order valence-corrected chi connectivity index (χ4v) is 5.21. The minimum Gasteiger partial charge on any atom is -0.493 e. The predicted molar refractivity (Wildman–Crippen MR) is 144 cm³/mol. The molecule has 0 saturated carbocycles. The molecule has 1 saturated heterocycles. The predicted octanol–water partition coefficient (Wildman–Crippen LogP) is 6.98. The summed E-state index contributed by atoms with van der Waals surface area (Å²) < 4.78 is 6.01. The minimum atomic E-state index is 0. The van der Waals surface area contributed by atoms with Crippen LogP contribution in [0.1, 0.15) is 42.8 Å². The first-order chi connectivity index (χ1) is 16.0. The summed E-state index contributed by atoms with van der Waals surface area (Å²) in [5, 5.41) is 3.79. The lowest BCUT2D eigenvalue weighted by molar-refractivity contribution is 0.269. The number of benzene rings is 2. The van der Waals surface area contributed by atoms with Gasteiger partial charge in [-0.05, 0) is 67.7 Å². The lowest BCUT2D eigenvalue weighted by Gasteiger charge is -2.14. The van der Waals surface area contributed by atoms with Crippen LogP contribution < -0.4 is 4.74 Å². The van der Waals surface area contributed by atoms with Crippen molar-refractivity contribution in [2.45, 2.75) is 39.7 Å². The lowest BCUT2D eigenvalue weighted by Crippen LogP contribution is -2.18. The normalized spacial score (nSPS) is 14.1. The summed E-state index contributed by atoms with van der Waals surface area (Å²) in [6.45, 7) is 8.36. The molecule has 5 rings (SSSR count). The molecule has 0 amide bonds. The van der Waals surface area contributed by atoms with E-state index in [2.05, 4.69) is 47.3 Å². The maximum absolute atomic E-state index is 6.27. The van der Waals surface area contributed by atoms with Gasteiger partial charge in [-0.3, -0.25) is 4.90 Å². The van der Waals surface area contributed by atoms with Gasteiger partial charge in [0.1, 0.15) is 11.4 Å². The van der Waals surface area contributed by atoms with E-state index in [1.165, 1.54) is 31.5 Å². The third kappa shape index (κ3) is 5.92. The number of thiazole rings is 1. The number of imidazole rings is 1. The van der Waals surface area contributed by atoms with Crippen LogP contribution in [-0.2, 0) is 13.0 Å². The molecule has 4 aromatic rings. The Morgan fingerprint density at radius 3 is 2.74 bits per heavy atom. The highest BCUT2D eigenvalue weighted by atomic mass is 35.5. The molecule has 2 aromatic carbocycles. The van der Waals surface area contributed by atoms with Gasteiger partial charge in [0.2, 0.25) is 0 Å². The third-order valence-corrected chi connectivity index (χ3v) is 6.97.